The van der Waals surface area contributed by atoms with Crippen molar-refractivity contribution in [3.8, 4) is 0 Å². The van der Waals surface area contributed by atoms with Crippen LogP contribution in [0, 0.1) is 5.82 Å². The van der Waals surface area contributed by atoms with Gasteiger partial charge in [-0.2, -0.15) is 0 Å². The molecule has 0 unspecified atom stereocenters. The number of halogens is 1. The van der Waals surface area contributed by atoms with Crippen LogP contribution in [0.1, 0.15) is 32.5 Å². The lowest BCUT2D eigenvalue weighted by Crippen LogP contribution is -2.21. The van der Waals surface area contributed by atoms with E-state index in [4.69, 9.17) is 9.47 Å². The summed E-state index contributed by atoms with van der Waals surface area (Å²) < 4.78 is 25.0. The van der Waals surface area contributed by atoms with Crippen molar-refractivity contribution in [2.45, 2.75) is 13.5 Å². The average molecular weight is 415 g/mol. The second-order valence-electron chi connectivity index (χ2n) is 6.21. The van der Waals surface area contributed by atoms with Crippen LogP contribution < -0.4 is 5.32 Å². The van der Waals surface area contributed by atoms with Crippen LogP contribution in [-0.4, -0.2) is 31.4 Å². The minimum Gasteiger partial charge on any atom is -0.451 e. The molecule has 1 heterocycles. The van der Waals surface area contributed by atoms with Gasteiger partial charge in [-0.3, -0.25) is 9.59 Å². The summed E-state index contributed by atoms with van der Waals surface area (Å²) >= 11 is 1.09. The predicted octanol–water partition coefficient (Wildman–Crippen LogP) is 4.18. The topological polar surface area (TPSA) is 81.7 Å². The van der Waals surface area contributed by atoms with Crippen LogP contribution >= 0.6 is 11.3 Å². The number of rotatable bonds is 7. The van der Waals surface area contributed by atoms with Crippen molar-refractivity contribution in [3.05, 3.63) is 64.3 Å². The molecule has 0 saturated carbocycles. The van der Waals surface area contributed by atoms with Gasteiger partial charge in [-0.05, 0) is 43.3 Å². The highest BCUT2D eigenvalue weighted by molar-refractivity contribution is 7.21. The third kappa shape index (κ3) is 4.67. The molecule has 0 spiro atoms. The first kappa shape index (κ1) is 20.6. The van der Waals surface area contributed by atoms with Crippen molar-refractivity contribution in [2.24, 2.45) is 0 Å². The number of hydrogen-bond donors (Lipinski definition) is 1. The molecule has 2 aromatic carbocycles. The number of carbonyl (C=O) groups is 3. The normalized spacial score (nSPS) is 10.7. The lowest BCUT2D eigenvalue weighted by molar-refractivity contribution is -0.119. The van der Waals surface area contributed by atoms with Gasteiger partial charge in [0.05, 0.1) is 6.61 Å². The van der Waals surface area contributed by atoms with Gasteiger partial charge in [0, 0.05) is 34.0 Å². The number of ketones is 1. The van der Waals surface area contributed by atoms with E-state index in [1.165, 1.54) is 20.1 Å². The molecular formula is C21H18FNO5S. The molecule has 0 atom stereocenters. The number of thiophene rings is 1. The van der Waals surface area contributed by atoms with Crippen LogP contribution in [0.3, 0.4) is 0 Å². The van der Waals surface area contributed by atoms with E-state index < -0.39 is 24.3 Å². The summed E-state index contributed by atoms with van der Waals surface area (Å²) in [6.45, 7) is 0.987. The molecule has 6 nitrogen and oxygen atoms in total. The molecular weight excluding hydrogens is 397 g/mol. The van der Waals surface area contributed by atoms with Crippen LogP contribution in [-0.2, 0) is 20.9 Å². The first-order valence-electron chi connectivity index (χ1n) is 8.67. The van der Waals surface area contributed by atoms with Crippen LogP contribution in [0.25, 0.3) is 10.1 Å². The minimum atomic E-state index is -0.722. The fraction of sp³-hybridized carbons (Fsp3) is 0.190. The molecule has 8 heteroatoms. The second-order valence-corrected chi connectivity index (χ2v) is 7.27. The Labute approximate surface area is 170 Å². The highest BCUT2D eigenvalue weighted by Gasteiger charge is 2.22. The molecule has 0 saturated heterocycles. The summed E-state index contributed by atoms with van der Waals surface area (Å²) in [5, 5.41) is 2.90. The van der Waals surface area contributed by atoms with E-state index in [1.807, 2.05) is 0 Å². The number of methoxy groups -OCH3 is 1. The Bertz CT molecular complexity index is 1070. The van der Waals surface area contributed by atoms with Crippen molar-refractivity contribution in [3.63, 3.8) is 0 Å². The lowest BCUT2D eigenvalue weighted by Gasteiger charge is -2.07. The molecule has 1 amide bonds. The average Bonchev–Trinajstić information content (AvgIpc) is 3.07. The molecule has 29 heavy (non-hydrogen) atoms. The number of Topliss-reactive ketones (excluding diaryl/α,β-unsaturated/α-hetero) is 1. The molecule has 0 bridgehead atoms. The van der Waals surface area contributed by atoms with Crippen molar-refractivity contribution >= 4 is 44.8 Å². The van der Waals surface area contributed by atoms with E-state index in [1.54, 1.807) is 36.4 Å². The predicted molar refractivity (Wildman–Crippen MR) is 108 cm³/mol. The van der Waals surface area contributed by atoms with E-state index in [-0.39, 0.29) is 17.3 Å². The lowest BCUT2D eigenvalue weighted by atomic mass is 10.1. The summed E-state index contributed by atoms with van der Waals surface area (Å²) in [4.78, 5) is 36.0. The van der Waals surface area contributed by atoms with Gasteiger partial charge >= 0.3 is 5.97 Å². The SMILES string of the molecule is COCc1c(C(=O)OCC(=O)Nc2ccc(C(C)=O)cc2)sc2cccc(F)c12. The second kappa shape index (κ2) is 8.93. The molecule has 0 aliphatic rings. The molecule has 0 aliphatic carbocycles. The smallest absolute Gasteiger partial charge is 0.349 e. The number of anilines is 1. The van der Waals surface area contributed by atoms with Crippen LogP contribution in [0.5, 0.6) is 0 Å². The van der Waals surface area contributed by atoms with E-state index in [2.05, 4.69) is 5.32 Å². The molecule has 0 radical (unpaired) electrons. The third-order valence-electron chi connectivity index (χ3n) is 4.15. The number of benzene rings is 2. The number of amides is 1. The van der Waals surface area contributed by atoms with Crippen molar-refractivity contribution in [1.29, 1.82) is 0 Å². The Kier molecular flexibility index (Phi) is 6.36. The van der Waals surface area contributed by atoms with Crippen LogP contribution in [0.2, 0.25) is 0 Å². The first-order valence-corrected chi connectivity index (χ1v) is 9.49. The van der Waals surface area contributed by atoms with Gasteiger partial charge < -0.3 is 14.8 Å². The Morgan fingerprint density at radius 1 is 1.10 bits per heavy atom. The number of fused-ring (bicyclic) bond motifs is 1. The Hall–Kier alpha value is -3.10. The molecule has 3 aromatic rings. The number of ether oxygens (including phenoxy) is 2. The zero-order valence-corrected chi connectivity index (χ0v) is 16.6. The quantitative estimate of drug-likeness (QED) is 0.462. The Balaban J connectivity index is 1.69. The maximum Gasteiger partial charge on any atom is 0.349 e. The Morgan fingerprint density at radius 3 is 2.48 bits per heavy atom. The van der Waals surface area contributed by atoms with Gasteiger partial charge in [-0.15, -0.1) is 11.3 Å². The van der Waals surface area contributed by atoms with E-state index in [0.29, 0.717) is 26.9 Å². The van der Waals surface area contributed by atoms with Gasteiger partial charge in [0.15, 0.2) is 12.4 Å². The molecule has 0 fully saturated rings. The molecule has 3 rings (SSSR count). The number of esters is 1. The van der Waals surface area contributed by atoms with Crippen molar-refractivity contribution in [2.75, 3.05) is 19.0 Å². The fourth-order valence-corrected chi connectivity index (χ4v) is 3.91. The number of carbonyl (C=O) groups excluding carboxylic acids is 3. The minimum absolute atomic E-state index is 0.0417. The highest BCUT2D eigenvalue weighted by Crippen LogP contribution is 2.34. The van der Waals surface area contributed by atoms with Crippen LogP contribution in [0.15, 0.2) is 42.5 Å². The zero-order valence-electron chi connectivity index (χ0n) is 15.8. The maximum atomic E-state index is 14.2. The Morgan fingerprint density at radius 2 is 1.83 bits per heavy atom. The summed E-state index contributed by atoms with van der Waals surface area (Å²) in [5.74, 6) is -1.78. The van der Waals surface area contributed by atoms with Gasteiger partial charge in [0.25, 0.3) is 5.91 Å². The van der Waals surface area contributed by atoms with Gasteiger partial charge in [0.2, 0.25) is 0 Å². The standard InChI is InChI=1S/C21H18FNO5S/c1-12(24)13-6-8-14(9-7-13)23-18(25)11-28-21(26)20-15(10-27-2)19-16(22)4-3-5-17(19)29-20/h3-9H,10-11H2,1-2H3,(H,23,25). The molecule has 1 aromatic heterocycles. The fourth-order valence-electron chi connectivity index (χ4n) is 2.80. The van der Waals surface area contributed by atoms with E-state index in [0.717, 1.165) is 11.3 Å². The largest absolute Gasteiger partial charge is 0.451 e. The van der Waals surface area contributed by atoms with Crippen molar-refractivity contribution < 1.29 is 28.2 Å². The summed E-state index contributed by atoms with van der Waals surface area (Å²) in [5.41, 5.74) is 1.40. The van der Waals surface area contributed by atoms with Gasteiger partial charge in [-0.25, -0.2) is 9.18 Å². The monoisotopic (exact) mass is 415 g/mol. The molecule has 0 aliphatic heterocycles. The number of nitrogens with one attached hydrogen (secondary N) is 1. The zero-order chi connectivity index (χ0) is 21.0. The van der Waals surface area contributed by atoms with E-state index >= 15 is 0 Å². The van der Waals surface area contributed by atoms with Gasteiger partial charge in [-0.1, -0.05) is 6.07 Å². The first-order chi connectivity index (χ1) is 13.9. The third-order valence-corrected chi connectivity index (χ3v) is 5.32. The maximum absolute atomic E-state index is 14.2. The van der Waals surface area contributed by atoms with E-state index in [9.17, 15) is 18.8 Å². The number of hydrogen-bond acceptors (Lipinski definition) is 6. The molecule has 1 N–H and O–H groups in total. The van der Waals surface area contributed by atoms with Crippen molar-refractivity contribution in [1.82, 2.24) is 0 Å². The summed E-state index contributed by atoms with van der Waals surface area (Å²) in [7, 11) is 1.45. The highest BCUT2D eigenvalue weighted by atomic mass is 32.1. The summed E-state index contributed by atoms with van der Waals surface area (Å²) in [6, 6.07) is 10.9. The molecule has 150 valence electrons. The summed E-state index contributed by atoms with van der Waals surface area (Å²) in [6.07, 6.45) is 0. The van der Waals surface area contributed by atoms with Gasteiger partial charge in [0.1, 0.15) is 10.7 Å². The van der Waals surface area contributed by atoms with Crippen LogP contribution in [0.4, 0.5) is 10.1 Å².